The van der Waals surface area contributed by atoms with Crippen LogP contribution in [0.25, 0.3) is 0 Å². The van der Waals surface area contributed by atoms with E-state index >= 15 is 0 Å². The SMILES string of the molecule is CC(C)(C)OC(=O)C1=CCOC(S)=C1. The Balaban J connectivity index is 2.67. The molecule has 0 saturated heterocycles. The van der Waals surface area contributed by atoms with Crippen LogP contribution < -0.4 is 0 Å². The third-order valence-electron chi connectivity index (χ3n) is 1.45. The number of ether oxygens (including phenoxy) is 2. The van der Waals surface area contributed by atoms with E-state index in [0.717, 1.165) is 0 Å². The van der Waals surface area contributed by atoms with Crippen LogP contribution in [0.1, 0.15) is 20.8 Å². The summed E-state index contributed by atoms with van der Waals surface area (Å²) in [6.07, 6.45) is 3.23. The number of carbonyl (C=O) groups excluding carboxylic acids is 1. The highest BCUT2D eigenvalue weighted by molar-refractivity contribution is 7.84. The van der Waals surface area contributed by atoms with Crippen molar-refractivity contribution < 1.29 is 14.3 Å². The molecule has 1 heterocycles. The first-order chi connectivity index (χ1) is 6.38. The van der Waals surface area contributed by atoms with Crippen LogP contribution in [0.5, 0.6) is 0 Å². The van der Waals surface area contributed by atoms with E-state index in [0.29, 0.717) is 17.3 Å². The Bertz CT molecular complexity index is 297. The fraction of sp³-hybridized carbons (Fsp3) is 0.500. The summed E-state index contributed by atoms with van der Waals surface area (Å²) in [7, 11) is 0. The lowest BCUT2D eigenvalue weighted by Gasteiger charge is -2.20. The lowest BCUT2D eigenvalue weighted by molar-refractivity contribution is -0.149. The smallest absolute Gasteiger partial charge is 0.338 e. The standard InChI is InChI=1S/C10H14O3S/c1-10(2,3)13-9(11)7-4-5-12-8(14)6-7/h4,6,14H,5H2,1-3H3. The predicted octanol–water partition coefficient (Wildman–Crippen LogP) is 2.06. The van der Waals surface area contributed by atoms with E-state index in [4.69, 9.17) is 9.47 Å². The molecule has 0 aromatic heterocycles. The van der Waals surface area contributed by atoms with Gasteiger partial charge >= 0.3 is 5.97 Å². The van der Waals surface area contributed by atoms with Crippen LogP contribution >= 0.6 is 12.6 Å². The second kappa shape index (κ2) is 4.09. The first-order valence-electron chi connectivity index (χ1n) is 4.35. The zero-order chi connectivity index (χ0) is 10.8. The van der Waals surface area contributed by atoms with Crippen LogP contribution in [0.4, 0.5) is 0 Å². The Hall–Kier alpha value is -0.900. The molecule has 0 aromatic carbocycles. The van der Waals surface area contributed by atoms with Crippen LogP contribution in [0.2, 0.25) is 0 Å². The maximum Gasteiger partial charge on any atom is 0.338 e. The fourth-order valence-corrected chi connectivity index (χ4v) is 1.14. The number of rotatable bonds is 1. The highest BCUT2D eigenvalue weighted by atomic mass is 32.1. The van der Waals surface area contributed by atoms with E-state index < -0.39 is 5.60 Å². The van der Waals surface area contributed by atoms with Crippen molar-refractivity contribution in [2.75, 3.05) is 6.61 Å². The van der Waals surface area contributed by atoms with Gasteiger partial charge in [0.25, 0.3) is 0 Å². The van der Waals surface area contributed by atoms with Gasteiger partial charge in [-0.25, -0.2) is 4.79 Å². The molecule has 4 heteroatoms. The van der Waals surface area contributed by atoms with Crippen molar-refractivity contribution in [3.05, 3.63) is 22.8 Å². The van der Waals surface area contributed by atoms with Gasteiger partial charge in [-0.3, -0.25) is 0 Å². The second-order valence-electron chi connectivity index (χ2n) is 3.95. The van der Waals surface area contributed by atoms with Gasteiger partial charge in [-0.05, 0) is 26.8 Å². The molecule has 14 heavy (non-hydrogen) atoms. The normalized spacial score (nSPS) is 16.6. The van der Waals surface area contributed by atoms with Gasteiger partial charge in [0.1, 0.15) is 12.2 Å². The molecule has 0 bridgehead atoms. The summed E-state index contributed by atoms with van der Waals surface area (Å²) in [5.74, 6) is -0.340. The fourth-order valence-electron chi connectivity index (χ4n) is 0.930. The van der Waals surface area contributed by atoms with Gasteiger partial charge in [0.2, 0.25) is 0 Å². The van der Waals surface area contributed by atoms with Crippen LogP contribution in [0.3, 0.4) is 0 Å². The first-order valence-corrected chi connectivity index (χ1v) is 4.80. The second-order valence-corrected chi connectivity index (χ2v) is 4.40. The van der Waals surface area contributed by atoms with E-state index in [9.17, 15) is 4.79 Å². The van der Waals surface area contributed by atoms with Gasteiger partial charge in [0.15, 0.2) is 5.09 Å². The van der Waals surface area contributed by atoms with Crippen molar-refractivity contribution in [1.82, 2.24) is 0 Å². The van der Waals surface area contributed by atoms with Gasteiger partial charge in [0.05, 0.1) is 5.57 Å². The van der Waals surface area contributed by atoms with E-state index in [2.05, 4.69) is 12.6 Å². The van der Waals surface area contributed by atoms with Crippen LogP contribution in [0.15, 0.2) is 22.8 Å². The minimum absolute atomic E-state index is 0.340. The monoisotopic (exact) mass is 214 g/mol. The summed E-state index contributed by atoms with van der Waals surface area (Å²) in [6, 6.07) is 0. The molecule has 0 spiro atoms. The molecule has 0 aromatic rings. The summed E-state index contributed by atoms with van der Waals surface area (Å²) in [6.45, 7) is 5.85. The van der Waals surface area contributed by atoms with Crippen molar-refractivity contribution in [2.24, 2.45) is 0 Å². The average molecular weight is 214 g/mol. The molecular weight excluding hydrogens is 200 g/mol. The minimum atomic E-state index is -0.471. The number of hydrogen-bond acceptors (Lipinski definition) is 4. The molecule has 0 fully saturated rings. The topological polar surface area (TPSA) is 35.5 Å². The van der Waals surface area contributed by atoms with Crippen molar-refractivity contribution in [3.63, 3.8) is 0 Å². The largest absolute Gasteiger partial charge is 0.484 e. The van der Waals surface area contributed by atoms with Crippen molar-refractivity contribution >= 4 is 18.6 Å². The van der Waals surface area contributed by atoms with E-state index in [1.807, 2.05) is 20.8 Å². The molecule has 0 saturated carbocycles. The lowest BCUT2D eigenvalue weighted by Crippen LogP contribution is -2.25. The average Bonchev–Trinajstić information content (AvgIpc) is 2.01. The van der Waals surface area contributed by atoms with Gasteiger partial charge < -0.3 is 9.47 Å². The number of thiol groups is 1. The summed E-state index contributed by atoms with van der Waals surface area (Å²) >= 11 is 4.02. The number of hydrogen-bond donors (Lipinski definition) is 1. The molecule has 0 unspecified atom stereocenters. The molecule has 0 aliphatic carbocycles. The predicted molar refractivity (Wildman–Crippen MR) is 56.9 cm³/mol. The number of carbonyl (C=O) groups is 1. The van der Waals surface area contributed by atoms with Gasteiger partial charge in [0, 0.05) is 6.08 Å². The van der Waals surface area contributed by atoms with Crippen LogP contribution in [-0.2, 0) is 14.3 Å². The van der Waals surface area contributed by atoms with Crippen LogP contribution in [0, 0.1) is 0 Å². The quantitative estimate of drug-likeness (QED) is 0.536. The Morgan fingerprint density at radius 3 is 2.71 bits per heavy atom. The van der Waals surface area contributed by atoms with E-state index in [1.54, 1.807) is 12.2 Å². The Morgan fingerprint density at radius 1 is 1.57 bits per heavy atom. The zero-order valence-electron chi connectivity index (χ0n) is 8.53. The Morgan fingerprint density at radius 2 is 2.21 bits per heavy atom. The maximum absolute atomic E-state index is 11.5. The molecular formula is C10H14O3S. The molecule has 1 aliphatic heterocycles. The molecule has 1 rings (SSSR count). The summed E-state index contributed by atoms with van der Waals surface area (Å²) < 4.78 is 10.2. The van der Waals surface area contributed by atoms with Crippen molar-refractivity contribution in [2.45, 2.75) is 26.4 Å². The number of esters is 1. The Labute approximate surface area is 89.2 Å². The molecule has 0 amide bonds. The third kappa shape index (κ3) is 3.46. The summed E-state index contributed by atoms with van der Waals surface area (Å²) in [5, 5.41) is 0.438. The molecule has 1 aliphatic rings. The van der Waals surface area contributed by atoms with E-state index in [1.165, 1.54) is 0 Å². The maximum atomic E-state index is 11.5. The lowest BCUT2D eigenvalue weighted by atomic mass is 10.1. The van der Waals surface area contributed by atoms with Gasteiger partial charge in [-0.2, -0.15) is 0 Å². The Kier molecular flexibility index (Phi) is 3.26. The highest BCUT2D eigenvalue weighted by Crippen LogP contribution is 2.17. The van der Waals surface area contributed by atoms with Crippen LogP contribution in [-0.4, -0.2) is 18.2 Å². The molecule has 0 N–H and O–H groups in total. The van der Waals surface area contributed by atoms with E-state index in [-0.39, 0.29) is 5.97 Å². The minimum Gasteiger partial charge on any atom is -0.484 e. The zero-order valence-corrected chi connectivity index (χ0v) is 9.43. The highest BCUT2D eigenvalue weighted by Gasteiger charge is 2.20. The summed E-state index contributed by atoms with van der Waals surface area (Å²) in [5.41, 5.74) is 0.0251. The van der Waals surface area contributed by atoms with Crippen molar-refractivity contribution in [1.29, 1.82) is 0 Å². The van der Waals surface area contributed by atoms with Gasteiger partial charge in [-0.1, -0.05) is 0 Å². The van der Waals surface area contributed by atoms with Crippen molar-refractivity contribution in [3.8, 4) is 0 Å². The first kappa shape index (κ1) is 11.2. The van der Waals surface area contributed by atoms with Gasteiger partial charge in [-0.15, -0.1) is 12.6 Å². The third-order valence-corrected chi connectivity index (χ3v) is 1.71. The molecule has 0 atom stereocenters. The molecule has 0 radical (unpaired) electrons. The molecule has 3 nitrogen and oxygen atoms in total. The molecule has 78 valence electrons. The summed E-state index contributed by atoms with van der Waals surface area (Å²) in [4.78, 5) is 11.5.